The number of aryl methyl sites for hydroxylation is 2. The Morgan fingerprint density at radius 2 is 2.00 bits per heavy atom. The van der Waals surface area contributed by atoms with Crippen molar-refractivity contribution in [2.75, 3.05) is 0 Å². The average molecular weight is 376 g/mol. The van der Waals surface area contributed by atoms with Crippen LogP contribution in [0.5, 0.6) is 0 Å². The molecule has 130 valence electrons. The first-order valence-corrected chi connectivity index (χ1v) is 9.18. The van der Waals surface area contributed by atoms with E-state index >= 15 is 0 Å². The Morgan fingerprint density at radius 3 is 2.60 bits per heavy atom. The molecule has 0 aliphatic heterocycles. The summed E-state index contributed by atoms with van der Waals surface area (Å²) in [5.41, 5.74) is 6.93. The van der Waals surface area contributed by atoms with Gasteiger partial charge in [0.15, 0.2) is 0 Å². The van der Waals surface area contributed by atoms with Gasteiger partial charge in [0.05, 0.1) is 5.39 Å². The van der Waals surface area contributed by atoms with Crippen molar-refractivity contribution in [2.24, 2.45) is 5.73 Å². The minimum atomic E-state index is -0.437. The van der Waals surface area contributed by atoms with Crippen LogP contribution >= 0.6 is 22.9 Å². The van der Waals surface area contributed by atoms with Crippen molar-refractivity contribution in [3.05, 3.63) is 50.3 Å². The van der Waals surface area contributed by atoms with Gasteiger partial charge in [-0.05, 0) is 24.6 Å². The Balaban J connectivity index is 2.27. The number of rotatable bonds is 5. The lowest BCUT2D eigenvalue weighted by Gasteiger charge is -2.11. The van der Waals surface area contributed by atoms with Gasteiger partial charge in [-0.3, -0.25) is 14.2 Å². The molecule has 7 heteroatoms. The number of halogens is 1. The van der Waals surface area contributed by atoms with Crippen LogP contribution in [0.4, 0.5) is 0 Å². The van der Waals surface area contributed by atoms with Gasteiger partial charge in [0, 0.05) is 34.8 Å². The molecule has 3 rings (SSSR count). The summed E-state index contributed by atoms with van der Waals surface area (Å²) < 4.78 is 1.57. The van der Waals surface area contributed by atoms with Crippen LogP contribution in [0.25, 0.3) is 21.3 Å². The molecular weight excluding hydrogens is 358 g/mol. The first-order valence-electron chi connectivity index (χ1n) is 7.99. The van der Waals surface area contributed by atoms with E-state index in [2.05, 4.69) is 4.98 Å². The standard InChI is InChI=1S/C18H18ClN3O2S/c1-3-14-21-17-16(18(24)22(14)9-8-13(20)23)15(10(2)25-17)11-4-6-12(19)7-5-11/h4-7H,3,8-9H2,1-2H3,(H2,20,23). The minimum Gasteiger partial charge on any atom is -0.370 e. The Labute approximate surface area is 154 Å². The number of primary amides is 1. The maximum Gasteiger partial charge on any atom is 0.262 e. The third-order valence-corrected chi connectivity index (χ3v) is 5.35. The zero-order valence-electron chi connectivity index (χ0n) is 14.0. The van der Waals surface area contributed by atoms with E-state index in [9.17, 15) is 9.59 Å². The van der Waals surface area contributed by atoms with Crippen molar-refractivity contribution < 1.29 is 4.79 Å². The van der Waals surface area contributed by atoms with Crippen molar-refractivity contribution in [3.8, 4) is 11.1 Å². The van der Waals surface area contributed by atoms with Crippen LogP contribution in [0.3, 0.4) is 0 Å². The smallest absolute Gasteiger partial charge is 0.262 e. The first kappa shape index (κ1) is 17.6. The predicted octanol–water partition coefficient (Wildman–Crippen LogP) is 3.52. The van der Waals surface area contributed by atoms with Crippen LogP contribution in [-0.2, 0) is 17.8 Å². The van der Waals surface area contributed by atoms with Crippen molar-refractivity contribution >= 4 is 39.1 Å². The van der Waals surface area contributed by atoms with E-state index in [0.29, 0.717) is 22.7 Å². The maximum absolute atomic E-state index is 13.1. The van der Waals surface area contributed by atoms with Gasteiger partial charge in [-0.25, -0.2) is 4.98 Å². The van der Waals surface area contributed by atoms with E-state index in [0.717, 1.165) is 20.8 Å². The summed E-state index contributed by atoms with van der Waals surface area (Å²) in [4.78, 5) is 30.7. The van der Waals surface area contributed by atoms with E-state index in [1.807, 2.05) is 26.0 Å². The monoisotopic (exact) mass is 375 g/mol. The van der Waals surface area contributed by atoms with Crippen molar-refractivity contribution in [1.29, 1.82) is 0 Å². The summed E-state index contributed by atoms with van der Waals surface area (Å²) >= 11 is 7.48. The molecule has 3 aromatic rings. The number of amides is 1. The molecule has 0 unspecified atom stereocenters. The Hall–Kier alpha value is -2.18. The third kappa shape index (κ3) is 3.32. The number of aromatic nitrogens is 2. The van der Waals surface area contributed by atoms with Crippen molar-refractivity contribution in [1.82, 2.24) is 9.55 Å². The Kier molecular flexibility index (Phi) is 4.92. The molecular formula is C18H18ClN3O2S. The largest absolute Gasteiger partial charge is 0.370 e. The van der Waals surface area contributed by atoms with Gasteiger partial charge in [0.1, 0.15) is 10.7 Å². The van der Waals surface area contributed by atoms with Crippen LogP contribution in [-0.4, -0.2) is 15.5 Å². The fraction of sp³-hybridized carbons (Fsp3) is 0.278. The van der Waals surface area contributed by atoms with Gasteiger partial charge in [0.2, 0.25) is 5.91 Å². The summed E-state index contributed by atoms with van der Waals surface area (Å²) in [5, 5.41) is 1.23. The number of nitrogens with two attached hydrogens (primary N) is 1. The lowest BCUT2D eigenvalue weighted by atomic mass is 10.0. The fourth-order valence-corrected chi connectivity index (χ4v) is 4.10. The average Bonchev–Trinajstić information content (AvgIpc) is 2.90. The third-order valence-electron chi connectivity index (χ3n) is 4.10. The summed E-state index contributed by atoms with van der Waals surface area (Å²) in [7, 11) is 0. The normalized spacial score (nSPS) is 11.2. The molecule has 0 atom stereocenters. The molecule has 0 aliphatic carbocycles. The quantitative estimate of drug-likeness (QED) is 0.741. The van der Waals surface area contributed by atoms with Gasteiger partial charge in [0.25, 0.3) is 5.56 Å². The molecule has 0 saturated carbocycles. The molecule has 0 fully saturated rings. The highest BCUT2D eigenvalue weighted by molar-refractivity contribution is 7.19. The zero-order valence-corrected chi connectivity index (χ0v) is 15.6. The number of nitrogens with zero attached hydrogens (tertiary/aromatic N) is 2. The summed E-state index contributed by atoms with van der Waals surface area (Å²) in [5.74, 6) is 0.233. The molecule has 1 aromatic carbocycles. The van der Waals surface area contributed by atoms with Crippen LogP contribution in [0.2, 0.25) is 5.02 Å². The lowest BCUT2D eigenvalue weighted by Crippen LogP contribution is -2.27. The number of hydrogen-bond acceptors (Lipinski definition) is 4. The second kappa shape index (κ2) is 6.98. The number of carbonyl (C=O) groups is 1. The van der Waals surface area contributed by atoms with E-state index in [-0.39, 0.29) is 18.5 Å². The van der Waals surface area contributed by atoms with E-state index < -0.39 is 5.91 Å². The Bertz CT molecular complexity index is 1010. The molecule has 0 bridgehead atoms. The van der Waals surface area contributed by atoms with Crippen LogP contribution < -0.4 is 11.3 Å². The fourth-order valence-electron chi connectivity index (χ4n) is 2.92. The molecule has 2 heterocycles. The summed E-state index contributed by atoms with van der Waals surface area (Å²) in [6.07, 6.45) is 0.719. The predicted molar refractivity (Wildman–Crippen MR) is 102 cm³/mol. The van der Waals surface area contributed by atoms with E-state index in [4.69, 9.17) is 17.3 Å². The maximum atomic E-state index is 13.1. The van der Waals surface area contributed by atoms with Crippen molar-refractivity contribution in [2.45, 2.75) is 33.2 Å². The van der Waals surface area contributed by atoms with Crippen LogP contribution in [0.15, 0.2) is 29.1 Å². The highest BCUT2D eigenvalue weighted by Gasteiger charge is 2.19. The minimum absolute atomic E-state index is 0.111. The Morgan fingerprint density at radius 1 is 1.32 bits per heavy atom. The number of benzene rings is 1. The molecule has 0 aliphatic rings. The van der Waals surface area contributed by atoms with E-state index in [1.165, 1.54) is 11.3 Å². The highest BCUT2D eigenvalue weighted by Crippen LogP contribution is 2.36. The number of carbonyl (C=O) groups excluding carboxylic acids is 1. The highest BCUT2D eigenvalue weighted by atomic mass is 35.5. The number of fused-ring (bicyclic) bond motifs is 1. The molecule has 25 heavy (non-hydrogen) atoms. The molecule has 2 N–H and O–H groups in total. The van der Waals surface area contributed by atoms with Crippen molar-refractivity contribution in [3.63, 3.8) is 0 Å². The second-order valence-electron chi connectivity index (χ2n) is 5.77. The molecule has 2 aromatic heterocycles. The molecule has 5 nitrogen and oxygen atoms in total. The van der Waals surface area contributed by atoms with Gasteiger partial charge in [-0.15, -0.1) is 11.3 Å². The van der Waals surface area contributed by atoms with Gasteiger partial charge in [-0.1, -0.05) is 30.7 Å². The number of hydrogen-bond donors (Lipinski definition) is 1. The SMILES string of the molecule is CCc1nc2sc(C)c(-c3ccc(Cl)cc3)c2c(=O)n1CCC(N)=O. The van der Waals surface area contributed by atoms with Gasteiger partial charge in [-0.2, -0.15) is 0 Å². The van der Waals surface area contributed by atoms with Crippen LogP contribution in [0, 0.1) is 6.92 Å². The summed E-state index contributed by atoms with van der Waals surface area (Å²) in [6, 6.07) is 7.41. The topological polar surface area (TPSA) is 78.0 Å². The molecule has 1 amide bonds. The van der Waals surface area contributed by atoms with E-state index in [1.54, 1.807) is 16.7 Å². The first-order chi connectivity index (χ1) is 11.9. The van der Waals surface area contributed by atoms with Gasteiger partial charge >= 0.3 is 0 Å². The molecule has 0 saturated heterocycles. The summed E-state index contributed by atoms with van der Waals surface area (Å²) in [6.45, 7) is 4.17. The second-order valence-corrected chi connectivity index (χ2v) is 7.41. The lowest BCUT2D eigenvalue weighted by molar-refractivity contribution is -0.118. The van der Waals surface area contributed by atoms with Crippen LogP contribution in [0.1, 0.15) is 24.0 Å². The molecule has 0 radical (unpaired) electrons. The van der Waals surface area contributed by atoms with Gasteiger partial charge < -0.3 is 5.73 Å². The molecule has 0 spiro atoms. The number of thiophene rings is 1. The zero-order chi connectivity index (χ0) is 18.1.